The van der Waals surface area contributed by atoms with E-state index in [1.165, 1.54) is 12.8 Å². The first-order valence-electron chi connectivity index (χ1n) is 9.15. The number of halogens is 3. The van der Waals surface area contributed by atoms with E-state index in [4.69, 9.17) is 39.9 Å². The summed E-state index contributed by atoms with van der Waals surface area (Å²) in [7, 11) is 0. The molecular weight excluding hydrogens is 401 g/mol. The fourth-order valence-electron chi connectivity index (χ4n) is 3.69. The van der Waals surface area contributed by atoms with E-state index in [2.05, 4.69) is 11.8 Å². The summed E-state index contributed by atoms with van der Waals surface area (Å²) < 4.78 is 1.95. The van der Waals surface area contributed by atoms with Crippen LogP contribution in [0, 0.1) is 0 Å². The lowest BCUT2D eigenvalue weighted by molar-refractivity contribution is 0.868. The van der Waals surface area contributed by atoms with Crippen molar-refractivity contribution in [1.82, 2.24) is 9.78 Å². The molecule has 0 spiro atoms. The second kappa shape index (κ2) is 7.75. The first-order chi connectivity index (χ1) is 13.1. The molecule has 0 N–H and O–H groups in total. The van der Waals surface area contributed by atoms with E-state index in [0.717, 1.165) is 47.7 Å². The van der Waals surface area contributed by atoms with Crippen molar-refractivity contribution in [2.24, 2.45) is 0 Å². The van der Waals surface area contributed by atoms with Crippen molar-refractivity contribution in [2.75, 3.05) is 18.0 Å². The van der Waals surface area contributed by atoms with Gasteiger partial charge in [0.25, 0.3) is 0 Å². The molecule has 0 atom stereocenters. The van der Waals surface area contributed by atoms with Crippen molar-refractivity contribution in [2.45, 2.75) is 26.2 Å². The molecule has 1 aromatic heterocycles. The third-order valence-corrected chi connectivity index (χ3v) is 5.77. The quantitative estimate of drug-likeness (QED) is 0.470. The van der Waals surface area contributed by atoms with Crippen LogP contribution in [-0.4, -0.2) is 22.9 Å². The van der Waals surface area contributed by atoms with Gasteiger partial charge in [0, 0.05) is 28.7 Å². The Morgan fingerprint density at radius 1 is 0.963 bits per heavy atom. The first-order valence-corrected chi connectivity index (χ1v) is 10.3. The van der Waals surface area contributed by atoms with Crippen LogP contribution in [0.4, 0.5) is 5.69 Å². The van der Waals surface area contributed by atoms with E-state index in [1.54, 1.807) is 6.07 Å². The summed E-state index contributed by atoms with van der Waals surface area (Å²) in [5.74, 6) is 0. The Balaban J connectivity index is 1.94. The topological polar surface area (TPSA) is 21.1 Å². The monoisotopic (exact) mass is 419 g/mol. The van der Waals surface area contributed by atoms with Gasteiger partial charge in [0.15, 0.2) is 0 Å². The summed E-state index contributed by atoms with van der Waals surface area (Å²) in [5.41, 5.74) is 5.18. The van der Waals surface area contributed by atoms with Crippen LogP contribution in [0.3, 0.4) is 0 Å². The van der Waals surface area contributed by atoms with Crippen molar-refractivity contribution in [1.29, 1.82) is 0 Å². The van der Waals surface area contributed by atoms with Crippen LogP contribution in [0.5, 0.6) is 0 Å². The van der Waals surface area contributed by atoms with Crippen LogP contribution in [0.15, 0.2) is 42.6 Å². The average Bonchev–Trinajstić information content (AvgIpc) is 3.31. The van der Waals surface area contributed by atoms with Gasteiger partial charge >= 0.3 is 0 Å². The first kappa shape index (κ1) is 18.7. The molecule has 2 heterocycles. The SMILES string of the molecule is CCc1cnn(-c2c(Cl)cc(Cl)cc2N2CCCC2)c1-c1ccc(Cl)cc1. The predicted molar refractivity (Wildman–Crippen MR) is 115 cm³/mol. The zero-order chi connectivity index (χ0) is 19.0. The molecule has 0 amide bonds. The van der Waals surface area contributed by atoms with Gasteiger partial charge in [-0.1, -0.05) is 53.9 Å². The van der Waals surface area contributed by atoms with Gasteiger partial charge in [-0.15, -0.1) is 0 Å². The third-order valence-electron chi connectivity index (χ3n) is 5.01. The van der Waals surface area contributed by atoms with E-state index in [1.807, 2.05) is 41.2 Å². The van der Waals surface area contributed by atoms with Crippen LogP contribution in [0.2, 0.25) is 15.1 Å². The number of hydrogen-bond donors (Lipinski definition) is 0. The Morgan fingerprint density at radius 2 is 1.67 bits per heavy atom. The standard InChI is InChI=1S/C21H20Cl3N3/c1-2-14-13-25-27(20(14)15-5-7-16(22)8-6-15)21-18(24)11-17(23)12-19(21)26-9-3-4-10-26/h5-8,11-13H,2-4,9-10H2,1H3. The molecule has 3 aromatic rings. The number of nitrogens with zero attached hydrogens (tertiary/aromatic N) is 3. The zero-order valence-corrected chi connectivity index (χ0v) is 17.3. The molecule has 4 rings (SSSR count). The molecule has 1 aliphatic heterocycles. The highest BCUT2D eigenvalue weighted by atomic mass is 35.5. The Hall–Kier alpha value is -1.68. The minimum Gasteiger partial charge on any atom is -0.370 e. The van der Waals surface area contributed by atoms with Gasteiger partial charge in [0.05, 0.1) is 22.6 Å². The van der Waals surface area contributed by atoms with Crippen molar-refractivity contribution < 1.29 is 0 Å². The van der Waals surface area contributed by atoms with Crippen molar-refractivity contribution in [3.05, 3.63) is 63.2 Å². The maximum absolute atomic E-state index is 6.69. The van der Waals surface area contributed by atoms with Crippen LogP contribution in [0.1, 0.15) is 25.3 Å². The molecule has 1 saturated heterocycles. The van der Waals surface area contributed by atoms with Gasteiger partial charge in [0.2, 0.25) is 0 Å². The zero-order valence-electron chi connectivity index (χ0n) is 15.1. The van der Waals surface area contributed by atoms with Crippen molar-refractivity contribution in [3.63, 3.8) is 0 Å². The minimum atomic E-state index is 0.602. The molecular formula is C21H20Cl3N3. The van der Waals surface area contributed by atoms with E-state index in [-0.39, 0.29) is 0 Å². The molecule has 27 heavy (non-hydrogen) atoms. The Labute approximate surface area is 174 Å². The molecule has 0 unspecified atom stereocenters. The van der Waals surface area contributed by atoms with Crippen LogP contribution < -0.4 is 4.90 Å². The maximum Gasteiger partial charge on any atom is 0.107 e. The van der Waals surface area contributed by atoms with Gasteiger partial charge < -0.3 is 4.90 Å². The number of rotatable bonds is 4. The lowest BCUT2D eigenvalue weighted by atomic mass is 10.1. The number of anilines is 1. The van der Waals surface area contributed by atoms with E-state index >= 15 is 0 Å². The van der Waals surface area contributed by atoms with Gasteiger partial charge in [-0.2, -0.15) is 5.10 Å². The molecule has 0 aliphatic carbocycles. The van der Waals surface area contributed by atoms with Gasteiger partial charge in [0.1, 0.15) is 5.69 Å². The highest BCUT2D eigenvalue weighted by Gasteiger charge is 2.23. The number of aromatic nitrogens is 2. The van der Waals surface area contributed by atoms with Crippen LogP contribution >= 0.6 is 34.8 Å². The van der Waals surface area contributed by atoms with E-state index < -0.39 is 0 Å². The highest BCUT2D eigenvalue weighted by molar-refractivity contribution is 6.36. The molecule has 0 radical (unpaired) electrons. The molecule has 0 saturated carbocycles. The Bertz CT molecular complexity index is 958. The number of benzene rings is 2. The lowest BCUT2D eigenvalue weighted by Crippen LogP contribution is -2.20. The maximum atomic E-state index is 6.69. The molecule has 0 bridgehead atoms. The second-order valence-corrected chi connectivity index (χ2v) is 8.02. The van der Waals surface area contributed by atoms with Gasteiger partial charge in [-0.3, -0.25) is 0 Å². The molecule has 6 heteroatoms. The summed E-state index contributed by atoms with van der Waals surface area (Å²) in [6.07, 6.45) is 5.14. The van der Waals surface area contributed by atoms with Crippen LogP contribution in [-0.2, 0) is 6.42 Å². The van der Waals surface area contributed by atoms with Crippen molar-refractivity contribution in [3.8, 4) is 16.9 Å². The lowest BCUT2D eigenvalue weighted by Gasteiger charge is -2.23. The number of hydrogen-bond acceptors (Lipinski definition) is 2. The summed E-state index contributed by atoms with van der Waals surface area (Å²) in [6, 6.07) is 11.6. The summed E-state index contributed by atoms with van der Waals surface area (Å²) >= 11 is 19.1. The van der Waals surface area contributed by atoms with Gasteiger partial charge in [-0.25, -0.2) is 4.68 Å². The van der Waals surface area contributed by atoms with E-state index in [9.17, 15) is 0 Å². The minimum absolute atomic E-state index is 0.602. The second-order valence-electron chi connectivity index (χ2n) is 6.74. The summed E-state index contributed by atoms with van der Waals surface area (Å²) in [4.78, 5) is 2.34. The average molecular weight is 421 g/mol. The molecule has 140 valence electrons. The Morgan fingerprint density at radius 3 is 2.33 bits per heavy atom. The Kier molecular flexibility index (Phi) is 5.36. The van der Waals surface area contributed by atoms with Crippen LogP contribution in [0.25, 0.3) is 16.9 Å². The van der Waals surface area contributed by atoms with Gasteiger partial charge in [-0.05, 0) is 49.1 Å². The van der Waals surface area contributed by atoms with Crippen molar-refractivity contribution >= 4 is 40.5 Å². The normalized spacial score (nSPS) is 14.1. The summed E-state index contributed by atoms with van der Waals surface area (Å²) in [6.45, 7) is 4.13. The summed E-state index contributed by atoms with van der Waals surface area (Å²) in [5, 5.41) is 6.66. The fourth-order valence-corrected chi connectivity index (χ4v) is 4.38. The largest absolute Gasteiger partial charge is 0.370 e. The highest BCUT2D eigenvalue weighted by Crippen LogP contribution is 2.39. The smallest absolute Gasteiger partial charge is 0.107 e. The fraction of sp³-hybridized carbons (Fsp3) is 0.286. The molecule has 2 aromatic carbocycles. The molecule has 1 aliphatic rings. The third kappa shape index (κ3) is 3.56. The molecule has 1 fully saturated rings. The van der Waals surface area contributed by atoms with E-state index in [0.29, 0.717) is 15.1 Å². The molecule has 3 nitrogen and oxygen atoms in total. The number of aryl methyl sites for hydroxylation is 1. The predicted octanol–water partition coefficient (Wildman–Crippen LogP) is 6.66.